The van der Waals surface area contributed by atoms with Crippen molar-refractivity contribution in [1.82, 2.24) is 15.0 Å². The first kappa shape index (κ1) is 31.3. The third-order valence-corrected chi connectivity index (χ3v) is 4.26. The molecule has 194 valence electrons. The topological polar surface area (TPSA) is 108 Å². The van der Waals surface area contributed by atoms with Crippen molar-refractivity contribution in [2.24, 2.45) is 0 Å². The summed E-state index contributed by atoms with van der Waals surface area (Å²) in [5.41, 5.74) is 3.11. The van der Waals surface area contributed by atoms with Crippen LogP contribution in [0.2, 0.25) is 0 Å². The highest BCUT2D eigenvalue weighted by atomic mass is 19.4. The fraction of sp³-hybridized carbons (Fsp3) is 0.571. The molecule has 1 aliphatic heterocycles. The van der Waals surface area contributed by atoms with E-state index in [4.69, 9.17) is 5.73 Å². The van der Waals surface area contributed by atoms with Crippen molar-refractivity contribution in [1.29, 1.82) is 0 Å². The fourth-order valence-electron chi connectivity index (χ4n) is 2.70. The largest absolute Gasteiger partial charge is 0.434 e. The Morgan fingerprint density at radius 1 is 0.912 bits per heavy atom. The van der Waals surface area contributed by atoms with Crippen LogP contribution in [0.1, 0.15) is 52.3 Å². The van der Waals surface area contributed by atoms with Gasteiger partial charge >= 0.3 is 12.4 Å². The number of anilines is 2. The lowest BCUT2D eigenvalue weighted by atomic mass is 9.98. The van der Waals surface area contributed by atoms with Crippen molar-refractivity contribution in [3.63, 3.8) is 0 Å². The summed E-state index contributed by atoms with van der Waals surface area (Å²) in [7, 11) is 0. The summed E-state index contributed by atoms with van der Waals surface area (Å²) >= 11 is 0. The Bertz CT molecular complexity index is 834. The Morgan fingerprint density at radius 3 is 1.91 bits per heavy atom. The number of hydrogen-bond acceptors (Lipinski definition) is 7. The summed E-state index contributed by atoms with van der Waals surface area (Å²) in [5, 5.41) is 19.1. The number of aliphatic hydroxyl groups is 2. The van der Waals surface area contributed by atoms with E-state index in [-0.39, 0.29) is 18.4 Å². The zero-order chi connectivity index (χ0) is 26.7. The maximum absolute atomic E-state index is 12.4. The van der Waals surface area contributed by atoms with E-state index in [0.29, 0.717) is 18.4 Å². The second kappa shape index (κ2) is 13.9. The van der Waals surface area contributed by atoms with Gasteiger partial charge in [-0.2, -0.15) is 26.3 Å². The molecule has 1 fully saturated rings. The molecule has 3 atom stereocenters. The quantitative estimate of drug-likeness (QED) is 0.494. The van der Waals surface area contributed by atoms with Gasteiger partial charge in [-0.05, 0) is 25.5 Å². The van der Waals surface area contributed by atoms with E-state index in [1.165, 1.54) is 6.07 Å². The number of nitrogen functional groups attached to an aromatic ring is 1. The first-order valence-electron chi connectivity index (χ1n) is 10.6. The van der Waals surface area contributed by atoms with E-state index in [2.05, 4.69) is 15.0 Å². The number of nitrogens with two attached hydrogens (primary N) is 1. The number of alkyl halides is 6. The van der Waals surface area contributed by atoms with E-state index >= 15 is 0 Å². The number of aliphatic hydroxyl groups excluding tert-OH is 2. The average molecular weight is 500 g/mol. The van der Waals surface area contributed by atoms with E-state index in [9.17, 15) is 36.6 Å². The van der Waals surface area contributed by atoms with Crippen molar-refractivity contribution in [3.8, 4) is 0 Å². The zero-order valence-corrected chi connectivity index (χ0v) is 19.6. The number of nitrogens with zero attached hydrogens (tertiary/aromatic N) is 4. The molecule has 0 aromatic carbocycles. The van der Waals surface area contributed by atoms with E-state index in [1.807, 2.05) is 34.6 Å². The first-order valence-corrected chi connectivity index (χ1v) is 10.6. The minimum atomic E-state index is -4.47. The highest BCUT2D eigenvalue weighted by Crippen LogP contribution is 2.30. The van der Waals surface area contributed by atoms with Crippen LogP contribution in [-0.2, 0) is 12.4 Å². The molecule has 7 nitrogen and oxygen atoms in total. The van der Waals surface area contributed by atoms with Crippen LogP contribution in [0.25, 0.3) is 0 Å². The Labute approximate surface area is 194 Å². The third kappa shape index (κ3) is 9.67. The highest BCUT2D eigenvalue weighted by Gasteiger charge is 2.34. The molecule has 1 saturated heterocycles. The Kier molecular flexibility index (Phi) is 12.8. The molecule has 3 rings (SSSR count). The first-order chi connectivity index (χ1) is 15.8. The second-order valence-corrected chi connectivity index (χ2v) is 6.60. The molecular formula is C21H31F6N5O2. The van der Waals surface area contributed by atoms with Crippen LogP contribution in [0.3, 0.4) is 0 Å². The lowest BCUT2D eigenvalue weighted by Crippen LogP contribution is -2.51. The molecular weight excluding hydrogens is 468 g/mol. The molecule has 13 heteroatoms. The minimum Gasteiger partial charge on any atom is -0.390 e. The monoisotopic (exact) mass is 499 g/mol. The summed E-state index contributed by atoms with van der Waals surface area (Å²) < 4.78 is 72.7. The van der Waals surface area contributed by atoms with Crippen molar-refractivity contribution in [2.45, 2.75) is 71.6 Å². The van der Waals surface area contributed by atoms with Gasteiger partial charge in [0.05, 0.1) is 30.2 Å². The number of rotatable bonds is 1. The fourth-order valence-corrected chi connectivity index (χ4v) is 2.70. The standard InChI is InChI=1S/C12H15F3N2O2.C5H4F3N3.2C2H6/c1-7-4-9(18)10(19)6-17(7)11-3-2-8(5-16-11)12(13,14)15;6-5(7,8)3-1-10-2-4(9)11-3;2*1-2/h2-3,5,7,9-10,18-19H,4,6H2,1H3;1-2H,(H2,9,11);2*1-2H3. The SMILES string of the molecule is CC.CC.CC1CC(O)C(O)CN1c1ccc(C(F)(F)F)cn1.Nc1cncc(C(F)(F)F)n1. The molecule has 2 aromatic heterocycles. The van der Waals surface area contributed by atoms with Crippen molar-refractivity contribution in [2.75, 3.05) is 17.2 Å². The van der Waals surface area contributed by atoms with Crippen molar-refractivity contribution < 1.29 is 36.6 Å². The lowest BCUT2D eigenvalue weighted by molar-refractivity contribution is -0.141. The molecule has 0 bridgehead atoms. The van der Waals surface area contributed by atoms with Crippen LogP contribution in [0, 0.1) is 0 Å². The Balaban J connectivity index is 0.000000618. The van der Waals surface area contributed by atoms with Gasteiger partial charge in [0.2, 0.25) is 0 Å². The second-order valence-electron chi connectivity index (χ2n) is 6.60. The predicted octanol–water partition coefficient (Wildman–Crippen LogP) is 4.55. The summed E-state index contributed by atoms with van der Waals surface area (Å²) in [6, 6.07) is 2.15. The van der Waals surface area contributed by atoms with E-state index < -0.39 is 35.8 Å². The number of halogens is 6. The Morgan fingerprint density at radius 2 is 1.50 bits per heavy atom. The van der Waals surface area contributed by atoms with Crippen LogP contribution in [-0.4, -0.2) is 50.0 Å². The predicted molar refractivity (Wildman–Crippen MR) is 117 cm³/mol. The summed E-state index contributed by atoms with van der Waals surface area (Å²) in [6.07, 6.45) is -7.80. The third-order valence-electron chi connectivity index (χ3n) is 4.26. The molecule has 0 aliphatic carbocycles. The summed E-state index contributed by atoms with van der Waals surface area (Å²) in [5.74, 6) is 0.131. The van der Waals surface area contributed by atoms with Gasteiger partial charge in [-0.1, -0.05) is 27.7 Å². The molecule has 0 saturated carbocycles. The van der Waals surface area contributed by atoms with Gasteiger partial charge in [0.15, 0.2) is 5.69 Å². The van der Waals surface area contributed by atoms with Crippen molar-refractivity contribution in [3.05, 3.63) is 42.0 Å². The number of pyridine rings is 1. The molecule has 1 aliphatic rings. The summed E-state index contributed by atoms with van der Waals surface area (Å²) in [4.78, 5) is 11.8. The number of β-amino-alcohol motifs (C(OH)–C–C–N with tert-alkyl or cyclic N) is 1. The average Bonchev–Trinajstić information content (AvgIpc) is 2.78. The van der Waals surface area contributed by atoms with Crippen LogP contribution in [0.5, 0.6) is 0 Å². The zero-order valence-electron chi connectivity index (χ0n) is 19.6. The Hall–Kier alpha value is -2.67. The summed E-state index contributed by atoms with van der Waals surface area (Å²) in [6.45, 7) is 9.98. The van der Waals surface area contributed by atoms with Gasteiger partial charge in [0.25, 0.3) is 0 Å². The van der Waals surface area contributed by atoms with Crippen molar-refractivity contribution >= 4 is 11.6 Å². The molecule has 4 N–H and O–H groups in total. The molecule has 0 amide bonds. The van der Waals surface area contributed by atoms with Gasteiger partial charge in [-0.25, -0.2) is 9.97 Å². The van der Waals surface area contributed by atoms with Crippen LogP contribution < -0.4 is 10.6 Å². The number of piperidine rings is 1. The van der Waals surface area contributed by atoms with Crippen LogP contribution >= 0.6 is 0 Å². The van der Waals surface area contributed by atoms with Crippen LogP contribution in [0.15, 0.2) is 30.7 Å². The molecule has 0 radical (unpaired) electrons. The number of hydrogen-bond donors (Lipinski definition) is 3. The molecule has 3 heterocycles. The van der Waals surface area contributed by atoms with Gasteiger partial charge < -0.3 is 20.8 Å². The molecule has 34 heavy (non-hydrogen) atoms. The molecule has 2 aromatic rings. The number of aromatic nitrogens is 3. The van der Waals surface area contributed by atoms with Crippen LogP contribution in [0.4, 0.5) is 38.0 Å². The normalized spacial score (nSPS) is 20.0. The maximum atomic E-state index is 12.4. The van der Waals surface area contributed by atoms with E-state index in [0.717, 1.165) is 18.5 Å². The van der Waals surface area contributed by atoms with Gasteiger partial charge in [0, 0.05) is 18.8 Å². The maximum Gasteiger partial charge on any atom is 0.434 e. The minimum absolute atomic E-state index is 0.0948. The molecule has 0 spiro atoms. The smallest absolute Gasteiger partial charge is 0.390 e. The van der Waals surface area contributed by atoms with E-state index in [1.54, 1.807) is 4.90 Å². The van der Waals surface area contributed by atoms with Gasteiger partial charge in [0.1, 0.15) is 11.6 Å². The lowest BCUT2D eigenvalue weighted by Gasteiger charge is -2.39. The molecule has 3 unspecified atom stereocenters. The highest BCUT2D eigenvalue weighted by molar-refractivity contribution is 5.42. The van der Waals surface area contributed by atoms with Gasteiger partial charge in [-0.3, -0.25) is 4.98 Å². The van der Waals surface area contributed by atoms with Gasteiger partial charge in [-0.15, -0.1) is 0 Å².